The zero-order valence-corrected chi connectivity index (χ0v) is 14.8. The molecule has 1 atom stereocenters. The van der Waals surface area contributed by atoms with Gasteiger partial charge in [0.2, 0.25) is 0 Å². The van der Waals surface area contributed by atoms with Gasteiger partial charge in [0.15, 0.2) is 23.1 Å². The second kappa shape index (κ2) is 7.74. The van der Waals surface area contributed by atoms with Crippen molar-refractivity contribution < 1.29 is 27.5 Å². The number of rotatable bonds is 6. The number of amides is 1. The lowest BCUT2D eigenvalue weighted by molar-refractivity contribution is -0.150. The van der Waals surface area contributed by atoms with Gasteiger partial charge in [-0.05, 0) is 17.9 Å². The molecule has 0 saturated carbocycles. The lowest BCUT2D eigenvalue weighted by Crippen LogP contribution is -2.38. The van der Waals surface area contributed by atoms with E-state index in [0.29, 0.717) is 12.2 Å². The van der Waals surface area contributed by atoms with Gasteiger partial charge in [0.25, 0.3) is 5.91 Å². The highest BCUT2D eigenvalue weighted by Gasteiger charge is 2.29. The fourth-order valence-electron chi connectivity index (χ4n) is 2.82. The lowest BCUT2D eigenvalue weighted by Gasteiger charge is -2.12. The Bertz CT molecular complexity index is 919. The Morgan fingerprint density at radius 2 is 1.85 bits per heavy atom. The van der Waals surface area contributed by atoms with Gasteiger partial charge in [-0.1, -0.05) is 36.4 Å². The maximum atomic E-state index is 11.8. The maximum absolute atomic E-state index is 11.8. The first-order chi connectivity index (χ1) is 12.4. The van der Waals surface area contributed by atoms with E-state index < -0.39 is 34.4 Å². The van der Waals surface area contributed by atoms with Crippen molar-refractivity contribution >= 4 is 32.5 Å². The molecule has 8 heteroatoms. The summed E-state index contributed by atoms with van der Waals surface area (Å²) in [6.45, 7) is -0.784. The molecule has 26 heavy (non-hydrogen) atoms. The van der Waals surface area contributed by atoms with Crippen LogP contribution in [0, 0.1) is 0 Å². The molecule has 1 saturated heterocycles. The Morgan fingerprint density at radius 3 is 2.62 bits per heavy atom. The molecule has 1 aliphatic heterocycles. The molecule has 1 N–H and O–H groups in total. The van der Waals surface area contributed by atoms with Crippen LogP contribution >= 0.6 is 0 Å². The summed E-state index contributed by atoms with van der Waals surface area (Å²) >= 11 is 0. The molecule has 1 amide bonds. The van der Waals surface area contributed by atoms with Gasteiger partial charge >= 0.3 is 5.97 Å². The number of nitrogens with one attached hydrogen (secondary N) is 1. The lowest BCUT2D eigenvalue weighted by atomic mass is 10.1. The van der Waals surface area contributed by atoms with Gasteiger partial charge in [-0.3, -0.25) is 4.79 Å². The van der Waals surface area contributed by atoms with Crippen molar-refractivity contribution in [2.75, 3.05) is 24.7 Å². The first-order valence-electron chi connectivity index (χ1n) is 8.19. The highest BCUT2D eigenvalue weighted by molar-refractivity contribution is 7.91. The first-order valence-corrected chi connectivity index (χ1v) is 10.0. The standard InChI is InChI=1S/C18H19NO6S/c20-17(19-14-8-9-26(22,23)12-14)10-25-18(21)11-24-16-7-3-5-13-4-1-2-6-15(13)16/h1-7,14H,8-12H2,(H,19,20). The Kier molecular flexibility index (Phi) is 5.41. The molecule has 1 unspecified atom stereocenters. The van der Waals surface area contributed by atoms with Gasteiger partial charge < -0.3 is 14.8 Å². The molecule has 1 aliphatic rings. The molecule has 2 aromatic carbocycles. The second-order valence-corrected chi connectivity index (χ2v) is 8.32. The minimum absolute atomic E-state index is 0.0661. The average molecular weight is 377 g/mol. The van der Waals surface area contributed by atoms with Crippen LogP contribution in [0.5, 0.6) is 5.75 Å². The molecule has 0 spiro atoms. The normalized spacial score (nSPS) is 18.4. The van der Waals surface area contributed by atoms with E-state index in [4.69, 9.17) is 9.47 Å². The smallest absolute Gasteiger partial charge is 0.344 e. The Labute approximate surface area is 151 Å². The predicted molar refractivity (Wildman–Crippen MR) is 95.6 cm³/mol. The largest absolute Gasteiger partial charge is 0.481 e. The zero-order valence-electron chi connectivity index (χ0n) is 14.0. The summed E-state index contributed by atoms with van der Waals surface area (Å²) in [4.78, 5) is 23.5. The van der Waals surface area contributed by atoms with Crippen molar-refractivity contribution in [3.8, 4) is 5.75 Å². The van der Waals surface area contributed by atoms with Gasteiger partial charge in [0.05, 0.1) is 11.5 Å². The molecule has 0 radical (unpaired) electrons. The van der Waals surface area contributed by atoms with E-state index in [1.54, 1.807) is 6.07 Å². The summed E-state index contributed by atoms with van der Waals surface area (Å²) in [7, 11) is -3.07. The second-order valence-electron chi connectivity index (χ2n) is 6.09. The van der Waals surface area contributed by atoms with Crippen molar-refractivity contribution in [3.63, 3.8) is 0 Å². The number of hydrogen-bond acceptors (Lipinski definition) is 6. The minimum atomic E-state index is -3.07. The average Bonchev–Trinajstić information content (AvgIpc) is 2.96. The van der Waals surface area contributed by atoms with Crippen molar-refractivity contribution in [1.82, 2.24) is 5.32 Å². The van der Waals surface area contributed by atoms with Crippen molar-refractivity contribution in [2.24, 2.45) is 0 Å². The predicted octanol–water partition coefficient (Wildman–Crippen LogP) is 1.07. The monoisotopic (exact) mass is 377 g/mol. The number of fused-ring (bicyclic) bond motifs is 1. The summed E-state index contributed by atoms with van der Waals surface area (Å²) in [5.41, 5.74) is 0. The number of carbonyl (C=O) groups is 2. The van der Waals surface area contributed by atoms with E-state index in [2.05, 4.69) is 5.32 Å². The number of esters is 1. The molecule has 7 nitrogen and oxygen atoms in total. The summed E-state index contributed by atoms with van der Waals surface area (Å²) in [5.74, 6) is -0.647. The minimum Gasteiger partial charge on any atom is -0.481 e. The fraction of sp³-hybridized carbons (Fsp3) is 0.333. The third kappa shape index (κ3) is 4.72. The number of benzene rings is 2. The van der Waals surface area contributed by atoms with Crippen LogP contribution in [0.25, 0.3) is 10.8 Å². The number of hydrogen-bond donors (Lipinski definition) is 1. The molecule has 1 heterocycles. The number of sulfone groups is 1. The maximum Gasteiger partial charge on any atom is 0.344 e. The van der Waals surface area contributed by atoms with Crippen molar-refractivity contribution in [3.05, 3.63) is 42.5 Å². The van der Waals surface area contributed by atoms with Gasteiger partial charge in [-0.15, -0.1) is 0 Å². The summed E-state index contributed by atoms with van der Waals surface area (Å²) in [5, 5.41) is 4.42. The van der Waals surface area contributed by atoms with E-state index in [0.717, 1.165) is 10.8 Å². The molecular formula is C18H19NO6S. The number of ether oxygens (including phenoxy) is 2. The van der Waals surface area contributed by atoms with E-state index in [-0.39, 0.29) is 18.1 Å². The molecule has 1 fully saturated rings. The van der Waals surface area contributed by atoms with E-state index in [1.807, 2.05) is 36.4 Å². The first kappa shape index (κ1) is 18.2. The molecule has 0 aliphatic carbocycles. The van der Waals surface area contributed by atoms with Crippen LogP contribution in [0.15, 0.2) is 42.5 Å². The van der Waals surface area contributed by atoms with E-state index in [9.17, 15) is 18.0 Å². The third-order valence-electron chi connectivity index (χ3n) is 4.06. The van der Waals surface area contributed by atoms with Crippen LogP contribution in [0.2, 0.25) is 0 Å². The highest BCUT2D eigenvalue weighted by Crippen LogP contribution is 2.24. The Morgan fingerprint density at radius 1 is 1.08 bits per heavy atom. The van der Waals surface area contributed by atoms with Crippen LogP contribution in [0.1, 0.15) is 6.42 Å². The van der Waals surface area contributed by atoms with Crippen LogP contribution in [0.4, 0.5) is 0 Å². The summed E-state index contributed by atoms with van der Waals surface area (Å²) in [6.07, 6.45) is 0.381. The quantitative estimate of drug-likeness (QED) is 0.756. The highest BCUT2D eigenvalue weighted by atomic mass is 32.2. The molecule has 0 aromatic heterocycles. The van der Waals surface area contributed by atoms with Gasteiger partial charge in [0, 0.05) is 11.4 Å². The van der Waals surface area contributed by atoms with Crippen molar-refractivity contribution in [2.45, 2.75) is 12.5 Å². The van der Waals surface area contributed by atoms with E-state index in [1.165, 1.54) is 0 Å². The van der Waals surface area contributed by atoms with Crippen molar-refractivity contribution in [1.29, 1.82) is 0 Å². The van der Waals surface area contributed by atoms with E-state index >= 15 is 0 Å². The van der Waals surface area contributed by atoms with Gasteiger partial charge in [-0.2, -0.15) is 0 Å². The van der Waals surface area contributed by atoms with Gasteiger partial charge in [-0.25, -0.2) is 13.2 Å². The summed E-state index contributed by atoms with van der Waals surface area (Å²) in [6, 6.07) is 12.7. The van der Waals surface area contributed by atoms with Crippen LogP contribution in [-0.4, -0.2) is 51.1 Å². The molecule has 138 valence electrons. The SMILES string of the molecule is O=C(COC(=O)COc1cccc2ccccc12)NC1CCS(=O)(=O)C1. The fourth-order valence-corrected chi connectivity index (χ4v) is 4.50. The van der Waals surface area contributed by atoms with Gasteiger partial charge in [0.1, 0.15) is 5.75 Å². The molecule has 3 rings (SSSR count). The third-order valence-corrected chi connectivity index (χ3v) is 5.82. The number of carbonyl (C=O) groups excluding carboxylic acids is 2. The Hall–Kier alpha value is -2.61. The van der Waals surface area contributed by atoms with Crippen LogP contribution in [-0.2, 0) is 24.2 Å². The topological polar surface area (TPSA) is 98.8 Å². The molecular weight excluding hydrogens is 358 g/mol. The zero-order chi connectivity index (χ0) is 18.6. The van der Waals surface area contributed by atoms with Crippen LogP contribution in [0.3, 0.4) is 0 Å². The molecule has 0 bridgehead atoms. The summed E-state index contributed by atoms with van der Waals surface area (Å²) < 4.78 is 33.1. The molecule has 2 aromatic rings. The Balaban J connectivity index is 1.45. The van der Waals surface area contributed by atoms with Crippen LogP contribution < -0.4 is 10.1 Å².